The standard InChI is InChI=1S/C38H49BrN2O13.C33H46BrNO13.CH4/c1-25-10-14-30(15-11-25)32(43)22-29-12-16-31(17-13-29)41-36(47)40-19-7-6-8-20-49-33(44)26(2)53-34(45)27(3)54-37(48)52-24-38(5,23-51-28(4)42)35(46)50-21-9-18-39;1-22(29(39)43-17-9-7-6-8-11-28(38)19-26-12-14-27(15-13-26)35-24(3)36)47-30(40)23(2)48-32(42)46-21-33(5,20-45-25(4)37)31(41)44-18-10-16-34;/h10-17,26-27H,6-9,18-24H2,1-5H3,(H2,40,41,47);12-15,22-23H,6-11,16-21H2,1-5H3,(H,35,36);1H4. The second-order valence-corrected chi connectivity index (χ2v) is 25.6. The largest absolute Gasteiger partial charge is 0.509 e. The molecule has 0 radical (unpaired) electrons. The van der Waals surface area contributed by atoms with Crippen molar-refractivity contribution in [2.24, 2.45) is 10.8 Å². The molecule has 0 fully saturated rings. The summed E-state index contributed by atoms with van der Waals surface area (Å²) in [6.07, 6.45) is -1.57. The molecule has 103 heavy (non-hydrogen) atoms. The van der Waals surface area contributed by atoms with E-state index in [0.717, 1.165) is 43.4 Å². The lowest BCUT2D eigenvalue weighted by molar-refractivity contribution is -0.173. The van der Waals surface area contributed by atoms with Crippen LogP contribution in [0.2, 0.25) is 0 Å². The predicted octanol–water partition coefficient (Wildman–Crippen LogP) is 10.9. The smallest absolute Gasteiger partial charge is 0.465 e. The van der Waals surface area contributed by atoms with E-state index in [9.17, 15) is 67.1 Å². The molecule has 572 valence electrons. The van der Waals surface area contributed by atoms with E-state index in [1.807, 2.05) is 31.2 Å². The summed E-state index contributed by atoms with van der Waals surface area (Å²) >= 11 is 6.44. The zero-order chi connectivity index (χ0) is 76.2. The first-order chi connectivity index (χ1) is 48.3. The van der Waals surface area contributed by atoms with Gasteiger partial charge in [-0.15, -0.1) is 0 Å². The van der Waals surface area contributed by atoms with Crippen molar-refractivity contribution >= 4 is 127 Å². The normalized spacial score (nSPS) is 12.9. The Morgan fingerprint density at radius 1 is 0.427 bits per heavy atom. The van der Waals surface area contributed by atoms with Crippen molar-refractivity contribution in [2.45, 2.75) is 178 Å². The highest BCUT2D eigenvalue weighted by molar-refractivity contribution is 9.09. The molecule has 3 aromatic rings. The zero-order valence-electron chi connectivity index (χ0n) is 59.4. The Kier molecular flexibility index (Phi) is 45.0. The average molecular weight is 1580 g/mol. The Morgan fingerprint density at radius 3 is 1.24 bits per heavy atom. The Hall–Kier alpha value is -9.00. The third-order valence-electron chi connectivity index (χ3n) is 14.2. The van der Waals surface area contributed by atoms with E-state index in [-0.39, 0.29) is 63.8 Å². The number of anilines is 2. The number of halogens is 2. The van der Waals surface area contributed by atoms with Crippen LogP contribution in [-0.4, -0.2) is 178 Å². The van der Waals surface area contributed by atoms with Gasteiger partial charge in [-0.25, -0.2) is 33.6 Å². The van der Waals surface area contributed by atoms with Crippen LogP contribution in [-0.2, 0) is 118 Å². The van der Waals surface area contributed by atoms with Gasteiger partial charge in [0.25, 0.3) is 0 Å². The van der Waals surface area contributed by atoms with Crippen LogP contribution >= 0.6 is 31.9 Å². The van der Waals surface area contributed by atoms with Crippen molar-refractivity contribution < 1.29 is 124 Å². The van der Waals surface area contributed by atoms with Crippen LogP contribution in [0.4, 0.5) is 25.8 Å². The topological polar surface area (TPSA) is 386 Å². The SMILES string of the molecule is C.CC(=O)Nc1ccc(CC(=O)CCCCCCOC(=O)C(C)OC(=O)C(C)OC(=O)OCC(C)(COC(C)=O)C(=O)OCCCBr)cc1.CC(=O)OCC(C)(COC(=O)OC(C)C(=O)OC(C)C(=O)OCCCCCNC(=O)Nc1ccc(CC(=O)c2ccc(C)cc2)cc1)C(=O)OCCCBr. The number of unbranched alkanes of at least 4 members (excludes halogenated alkanes) is 5. The molecule has 3 N–H and O–H groups in total. The number of amides is 3. The summed E-state index contributed by atoms with van der Waals surface area (Å²) in [4.78, 5) is 170. The lowest BCUT2D eigenvalue weighted by Crippen LogP contribution is -2.41. The van der Waals surface area contributed by atoms with Gasteiger partial charge in [0.1, 0.15) is 43.0 Å². The van der Waals surface area contributed by atoms with Gasteiger partial charge in [0.2, 0.25) is 5.91 Å². The Labute approximate surface area is 617 Å². The van der Waals surface area contributed by atoms with Crippen molar-refractivity contribution in [3.63, 3.8) is 0 Å². The fourth-order valence-corrected chi connectivity index (χ4v) is 8.71. The number of benzene rings is 3. The minimum atomic E-state index is -1.54. The highest BCUT2D eigenvalue weighted by atomic mass is 79.9. The maximum Gasteiger partial charge on any atom is 0.509 e. The minimum Gasteiger partial charge on any atom is -0.465 e. The number of hydrogen-bond acceptors (Lipinski definition) is 26. The van der Waals surface area contributed by atoms with Gasteiger partial charge < -0.3 is 72.8 Å². The van der Waals surface area contributed by atoms with Crippen molar-refractivity contribution in [3.05, 3.63) is 95.1 Å². The van der Waals surface area contributed by atoms with E-state index in [1.165, 1.54) is 48.5 Å². The average Bonchev–Trinajstić information content (AvgIpc) is 0.858. The summed E-state index contributed by atoms with van der Waals surface area (Å²) in [6, 6.07) is 21.2. The second-order valence-electron chi connectivity index (χ2n) is 24.0. The molecule has 0 aliphatic rings. The number of Topliss-reactive ketones (excluding diaryl/α,β-unsaturated/α-hetero) is 2. The van der Waals surface area contributed by atoms with Crippen molar-refractivity contribution in [1.29, 1.82) is 0 Å². The number of urea groups is 1. The Morgan fingerprint density at radius 2 is 0.816 bits per heavy atom. The number of carbonyl (C=O) groups is 14. The van der Waals surface area contributed by atoms with Gasteiger partial charge in [-0.1, -0.05) is 106 Å². The number of nitrogens with one attached hydrogen (secondary N) is 3. The van der Waals surface area contributed by atoms with E-state index >= 15 is 0 Å². The first-order valence-electron chi connectivity index (χ1n) is 33.1. The molecule has 0 heterocycles. The molecular formula is C72H99Br2N3O26. The van der Waals surface area contributed by atoms with E-state index in [4.69, 9.17) is 56.8 Å². The van der Waals surface area contributed by atoms with Crippen LogP contribution in [0, 0.1) is 17.8 Å². The van der Waals surface area contributed by atoms with Gasteiger partial charge in [0.15, 0.2) is 30.2 Å². The van der Waals surface area contributed by atoms with Crippen molar-refractivity contribution in [2.75, 3.05) is 80.7 Å². The summed E-state index contributed by atoms with van der Waals surface area (Å²) in [7, 11) is 0. The van der Waals surface area contributed by atoms with Crippen molar-refractivity contribution in [3.8, 4) is 0 Å². The van der Waals surface area contributed by atoms with Gasteiger partial charge in [-0.3, -0.25) is 33.6 Å². The number of aryl methyl sites for hydroxylation is 1. The molecule has 6 unspecified atom stereocenters. The lowest BCUT2D eigenvalue weighted by atomic mass is 9.93. The maximum atomic E-state index is 12.6. The summed E-state index contributed by atoms with van der Waals surface area (Å²) in [5.74, 6) is -6.51. The molecular weight excluding hydrogens is 1480 g/mol. The van der Waals surface area contributed by atoms with Crippen LogP contribution in [0.5, 0.6) is 0 Å². The maximum absolute atomic E-state index is 12.6. The fourth-order valence-electron chi connectivity index (χ4n) is 8.25. The molecule has 3 rings (SSSR count). The van der Waals surface area contributed by atoms with E-state index in [2.05, 4.69) is 47.8 Å². The van der Waals surface area contributed by atoms with Crippen LogP contribution in [0.3, 0.4) is 0 Å². The van der Waals surface area contributed by atoms with Gasteiger partial charge >= 0.3 is 66.1 Å². The first-order valence-corrected chi connectivity index (χ1v) is 35.3. The molecule has 0 bridgehead atoms. The van der Waals surface area contributed by atoms with Gasteiger partial charge in [0.05, 0.1) is 26.4 Å². The number of rotatable bonds is 44. The molecule has 29 nitrogen and oxygen atoms in total. The monoisotopic (exact) mass is 1580 g/mol. The van der Waals surface area contributed by atoms with Gasteiger partial charge in [-0.2, -0.15) is 0 Å². The van der Waals surface area contributed by atoms with Crippen LogP contribution in [0.15, 0.2) is 72.8 Å². The van der Waals surface area contributed by atoms with Crippen LogP contribution in [0.25, 0.3) is 0 Å². The molecule has 3 amide bonds. The third kappa shape index (κ3) is 39.9. The van der Waals surface area contributed by atoms with E-state index in [1.54, 1.807) is 48.5 Å². The summed E-state index contributed by atoms with van der Waals surface area (Å²) in [5, 5.41) is 9.36. The molecule has 0 aliphatic heterocycles. The third-order valence-corrected chi connectivity index (χ3v) is 15.4. The quantitative estimate of drug-likeness (QED) is 0.0156. The number of ketones is 2. The number of esters is 8. The van der Waals surface area contributed by atoms with Crippen LogP contribution in [0.1, 0.15) is 161 Å². The molecule has 0 spiro atoms. The summed E-state index contributed by atoms with van der Waals surface area (Å²) < 4.78 is 60.4. The Balaban J connectivity index is 0.00000103. The Bertz CT molecular complexity index is 3220. The lowest BCUT2D eigenvalue weighted by Gasteiger charge is -2.26. The number of alkyl halides is 2. The molecule has 3 aromatic carbocycles. The van der Waals surface area contributed by atoms with Crippen LogP contribution < -0.4 is 16.0 Å². The second kappa shape index (κ2) is 50.4. The first kappa shape index (κ1) is 92.0. The molecule has 0 aliphatic carbocycles. The molecule has 6 atom stereocenters. The summed E-state index contributed by atoms with van der Waals surface area (Å²) in [6.45, 7) is 12.2. The number of hydrogen-bond donors (Lipinski definition) is 3. The van der Waals surface area contributed by atoms with Gasteiger partial charge in [-0.05, 0) is 129 Å². The van der Waals surface area contributed by atoms with E-state index < -0.39 is 122 Å². The molecule has 0 saturated heterocycles. The summed E-state index contributed by atoms with van der Waals surface area (Å²) in [5.41, 5.74) is 1.62. The van der Waals surface area contributed by atoms with E-state index in [0.29, 0.717) is 91.9 Å². The fraction of sp³-hybridized carbons (Fsp3) is 0.556. The number of carbonyl (C=O) groups excluding carboxylic acids is 14. The van der Waals surface area contributed by atoms with Crippen molar-refractivity contribution in [1.82, 2.24) is 5.32 Å². The predicted molar refractivity (Wildman–Crippen MR) is 381 cm³/mol. The zero-order valence-corrected chi connectivity index (χ0v) is 62.5. The molecule has 31 heteroatoms. The van der Waals surface area contributed by atoms with Gasteiger partial charge in [0, 0.05) is 74.2 Å². The highest BCUT2D eigenvalue weighted by Crippen LogP contribution is 2.24. The number of ether oxygens (including phenoxy) is 12. The molecule has 0 saturated carbocycles. The highest BCUT2D eigenvalue weighted by Gasteiger charge is 2.41. The minimum absolute atomic E-state index is 0. The molecule has 0 aromatic heterocycles.